The van der Waals surface area contributed by atoms with Crippen LogP contribution in [0.25, 0.3) is 11.3 Å². The molecule has 1 aromatic carbocycles. The van der Waals surface area contributed by atoms with Crippen molar-refractivity contribution in [2.45, 2.75) is 20.8 Å². The number of aromatic nitrogens is 1. The van der Waals surface area contributed by atoms with Crippen molar-refractivity contribution < 1.29 is 4.42 Å². The summed E-state index contributed by atoms with van der Waals surface area (Å²) in [6.45, 7) is 6.30. The summed E-state index contributed by atoms with van der Waals surface area (Å²) in [5.41, 5.74) is 11.1. The number of nitrogens with two attached hydrogens (primary N) is 1. The molecule has 78 valence electrons. The first kappa shape index (κ1) is 9.77. The number of nitrogen functional groups attached to an aromatic ring is 1. The molecule has 1 aromatic heterocycles. The summed E-state index contributed by atoms with van der Waals surface area (Å²) in [5, 5.41) is 0. The van der Waals surface area contributed by atoms with Crippen molar-refractivity contribution >= 4 is 6.01 Å². The van der Waals surface area contributed by atoms with Crippen molar-refractivity contribution in [2.75, 3.05) is 5.73 Å². The van der Waals surface area contributed by atoms with E-state index in [0.29, 0.717) is 0 Å². The smallest absolute Gasteiger partial charge is 0.292 e. The highest BCUT2D eigenvalue weighted by Crippen LogP contribution is 2.26. The van der Waals surface area contributed by atoms with Crippen LogP contribution < -0.4 is 5.73 Å². The molecule has 0 fully saturated rings. The lowest BCUT2D eigenvalue weighted by Gasteiger charge is -2.08. The summed E-state index contributed by atoms with van der Waals surface area (Å²) in [6, 6.07) is 4.35. The number of rotatable bonds is 1. The lowest BCUT2D eigenvalue weighted by atomic mass is 9.97. The number of anilines is 1. The van der Waals surface area contributed by atoms with Crippen LogP contribution in [0.1, 0.15) is 16.7 Å². The molecule has 3 nitrogen and oxygen atoms in total. The van der Waals surface area contributed by atoms with Crippen LogP contribution in [0.3, 0.4) is 0 Å². The third-order valence-electron chi connectivity index (χ3n) is 2.86. The van der Waals surface area contributed by atoms with Crippen molar-refractivity contribution in [3.63, 3.8) is 0 Å². The molecular formula is C12H14N2O. The molecule has 2 N–H and O–H groups in total. The van der Waals surface area contributed by atoms with Crippen LogP contribution in [0.15, 0.2) is 22.8 Å². The molecule has 0 radical (unpaired) electrons. The van der Waals surface area contributed by atoms with Gasteiger partial charge in [-0.1, -0.05) is 12.1 Å². The first-order chi connectivity index (χ1) is 7.09. The fourth-order valence-electron chi connectivity index (χ4n) is 1.64. The Morgan fingerprint density at radius 2 is 1.87 bits per heavy atom. The Bertz CT molecular complexity index is 500. The topological polar surface area (TPSA) is 52.0 Å². The monoisotopic (exact) mass is 202 g/mol. The van der Waals surface area contributed by atoms with Gasteiger partial charge in [0.15, 0.2) is 0 Å². The third-order valence-corrected chi connectivity index (χ3v) is 2.86. The average molecular weight is 202 g/mol. The largest absolute Gasteiger partial charge is 0.432 e. The Balaban J connectivity index is 2.59. The van der Waals surface area contributed by atoms with Gasteiger partial charge in [0.05, 0.1) is 0 Å². The second-order valence-corrected chi connectivity index (χ2v) is 3.75. The van der Waals surface area contributed by atoms with Crippen LogP contribution in [0.4, 0.5) is 6.01 Å². The van der Waals surface area contributed by atoms with Crippen LogP contribution in [0.2, 0.25) is 0 Å². The van der Waals surface area contributed by atoms with Crippen molar-refractivity contribution in [3.05, 3.63) is 35.1 Å². The first-order valence-corrected chi connectivity index (χ1v) is 4.88. The van der Waals surface area contributed by atoms with Crippen molar-refractivity contribution in [2.24, 2.45) is 0 Å². The Morgan fingerprint density at radius 3 is 2.47 bits per heavy atom. The highest BCUT2D eigenvalue weighted by Gasteiger charge is 2.09. The third kappa shape index (κ3) is 1.61. The zero-order chi connectivity index (χ0) is 11.0. The lowest BCUT2D eigenvalue weighted by Crippen LogP contribution is -1.91. The molecule has 15 heavy (non-hydrogen) atoms. The van der Waals surface area contributed by atoms with Crippen molar-refractivity contribution in [3.8, 4) is 11.3 Å². The van der Waals surface area contributed by atoms with E-state index in [1.165, 1.54) is 16.7 Å². The van der Waals surface area contributed by atoms with E-state index in [1.54, 1.807) is 6.26 Å². The van der Waals surface area contributed by atoms with Gasteiger partial charge in [0.25, 0.3) is 6.01 Å². The van der Waals surface area contributed by atoms with Gasteiger partial charge >= 0.3 is 0 Å². The minimum atomic E-state index is 0.211. The maximum absolute atomic E-state index is 5.46. The molecule has 2 rings (SSSR count). The standard InChI is InChI=1S/C12H14N2O/c1-7-4-5-10(9(3)8(7)2)11-6-15-12(13)14-11/h4-6H,1-3H3,(H2,13,14). The minimum absolute atomic E-state index is 0.211. The molecule has 3 heteroatoms. The zero-order valence-electron chi connectivity index (χ0n) is 9.16. The number of benzene rings is 1. The van der Waals surface area contributed by atoms with E-state index in [4.69, 9.17) is 10.2 Å². The van der Waals surface area contributed by atoms with Gasteiger partial charge in [0.1, 0.15) is 12.0 Å². The van der Waals surface area contributed by atoms with Gasteiger partial charge in [-0.2, -0.15) is 4.98 Å². The second-order valence-electron chi connectivity index (χ2n) is 3.75. The molecule has 0 saturated heterocycles. The summed E-state index contributed by atoms with van der Waals surface area (Å²) >= 11 is 0. The molecule has 0 aliphatic rings. The molecule has 0 spiro atoms. The second kappa shape index (κ2) is 3.42. The van der Waals surface area contributed by atoms with Crippen LogP contribution in [-0.2, 0) is 0 Å². The van der Waals surface area contributed by atoms with Gasteiger partial charge in [-0.05, 0) is 37.5 Å². The van der Waals surface area contributed by atoms with Gasteiger partial charge < -0.3 is 10.2 Å². The van der Waals surface area contributed by atoms with E-state index in [1.807, 2.05) is 0 Å². The molecular weight excluding hydrogens is 188 g/mol. The summed E-state index contributed by atoms with van der Waals surface area (Å²) in [6.07, 6.45) is 1.59. The van der Waals surface area contributed by atoms with E-state index in [9.17, 15) is 0 Å². The molecule has 1 heterocycles. The van der Waals surface area contributed by atoms with E-state index in [0.717, 1.165) is 11.3 Å². The fraction of sp³-hybridized carbons (Fsp3) is 0.250. The predicted octanol–water partition coefficient (Wildman–Crippen LogP) is 2.85. The zero-order valence-corrected chi connectivity index (χ0v) is 9.16. The van der Waals surface area contributed by atoms with Crippen LogP contribution in [-0.4, -0.2) is 4.98 Å². The molecule has 0 saturated carbocycles. The van der Waals surface area contributed by atoms with Crippen molar-refractivity contribution in [1.29, 1.82) is 0 Å². The summed E-state index contributed by atoms with van der Waals surface area (Å²) in [5.74, 6) is 0. The van der Waals surface area contributed by atoms with E-state index < -0.39 is 0 Å². The first-order valence-electron chi connectivity index (χ1n) is 4.88. The molecule has 0 amide bonds. The average Bonchev–Trinajstić information content (AvgIpc) is 2.61. The van der Waals surface area contributed by atoms with Gasteiger partial charge in [-0.25, -0.2) is 0 Å². The van der Waals surface area contributed by atoms with E-state index >= 15 is 0 Å². The summed E-state index contributed by atoms with van der Waals surface area (Å²) in [7, 11) is 0. The molecule has 0 atom stereocenters. The minimum Gasteiger partial charge on any atom is -0.432 e. The summed E-state index contributed by atoms with van der Waals surface area (Å²) in [4.78, 5) is 4.12. The van der Waals surface area contributed by atoms with E-state index in [2.05, 4.69) is 37.9 Å². The molecule has 0 aliphatic heterocycles. The number of hydrogen-bond donors (Lipinski definition) is 1. The maximum Gasteiger partial charge on any atom is 0.292 e. The summed E-state index contributed by atoms with van der Waals surface area (Å²) < 4.78 is 5.01. The fourth-order valence-corrected chi connectivity index (χ4v) is 1.64. The molecule has 0 unspecified atom stereocenters. The highest BCUT2D eigenvalue weighted by molar-refractivity contribution is 5.65. The predicted molar refractivity (Wildman–Crippen MR) is 60.6 cm³/mol. The van der Waals surface area contributed by atoms with Gasteiger partial charge in [-0.3, -0.25) is 0 Å². The Hall–Kier alpha value is -1.77. The Morgan fingerprint density at radius 1 is 1.13 bits per heavy atom. The van der Waals surface area contributed by atoms with Crippen molar-refractivity contribution in [1.82, 2.24) is 4.98 Å². The van der Waals surface area contributed by atoms with Gasteiger partial charge in [0, 0.05) is 5.56 Å². The highest BCUT2D eigenvalue weighted by atomic mass is 16.4. The Kier molecular flexibility index (Phi) is 2.23. The SMILES string of the molecule is Cc1ccc(-c2coc(N)n2)c(C)c1C. The normalized spacial score (nSPS) is 10.6. The number of oxazole rings is 1. The number of nitrogens with zero attached hydrogens (tertiary/aromatic N) is 1. The molecule has 2 aromatic rings. The lowest BCUT2D eigenvalue weighted by molar-refractivity contribution is 0.581. The van der Waals surface area contributed by atoms with Crippen LogP contribution in [0.5, 0.6) is 0 Å². The quantitative estimate of drug-likeness (QED) is 0.773. The van der Waals surface area contributed by atoms with Crippen LogP contribution in [0, 0.1) is 20.8 Å². The molecule has 0 aliphatic carbocycles. The maximum atomic E-state index is 5.46. The number of hydrogen-bond acceptors (Lipinski definition) is 3. The molecule has 0 bridgehead atoms. The van der Waals surface area contributed by atoms with E-state index in [-0.39, 0.29) is 6.01 Å². The number of aryl methyl sites for hydroxylation is 1. The van der Waals surface area contributed by atoms with Crippen LogP contribution >= 0.6 is 0 Å². The van der Waals surface area contributed by atoms with Gasteiger partial charge in [0.2, 0.25) is 0 Å². The Labute approximate surface area is 88.9 Å². The van der Waals surface area contributed by atoms with Gasteiger partial charge in [-0.15, -0.1) is 0 Å².